The topological polar surface area (TPSA) is 67.9 Å². The average molecular weight is 566 g/mol. The van der Waals surface area contributed by atoms with Crippen LogP contribution in [0.1, 0.15) is 22.3 Å². The number of nitrogens with zero attached hydrogens (tertiary/aromatic N) is 2. The van der Waals surface area contributed by atoms with Gasteiger partial charge in [0, 0.05) is 0 Å². The molecule has 6 rings (SSSR count). The van der Waals surface area contributed by atoms with E-state index in [9.17, 15) is 4.91 Å². The first-order valence-corrected chi connectivity index (χ1v) is 14.1. The van der Waals surface area contributed by atoms with Gasteiger partial charge in [0.15, 0.2) is 0 Å². The van der Waals surface area contributed by atoms with Crippen LogP contribution in [0.25, 0.3) is 0 Å². The van der Waals surface area contributed by atoms with Gasteiger partial charge in [-0.25, -0.2) is 0 Å². The molecule has 5 nitrogen and oxygen atoms in total. The van der Waals surface area contributed by atoms with Crippen molar-refractivity contribution in [3.63, 3.8) is 0 Å². The predicted octanol–water partition coefficient (Wildman–Crippen LogP) is 9.31. The Bertz CT molecular complexity index is 1500. The Morgan fingerprint density at radius 2 is 0.744 bits per heavy atom. The predicted molar refractivity (Wildman–Crippen MR) is 177 cm³/mol. The molecule has 0 radical (unpaired) electrons. The minimum atomic E-state index is 0.687. The molecule has 5 heteroatoms. The van der Waals surface area contributed by atoms with Crippen LogP contribution in [0, 0.1) is 4.91 Å². The molecule has 43 heavy (non-hydrogen) atoms. The molecule has 0 unspecified atom stereocenters. The molecule has 0 aliphatic carbocycles. The molecule has 0 aliphatic heterocycles. The second-order valence-corrected chi connectivity index (χ2v) is 9.64. The van der Waals surface area contributed by atoms with Gasteiger partial charge in [-0.2, -0.15) is 10.9 Å². The van der Waals surface area contributed by atoms with E-state index in [1.165, 1.54) is 27.3 Å². The summed E-state index contributed by atoms with van der Waals surface area (Å²) in [4.78, 5) is 15.4. The maximum atomic E-state index is 10.8. The summed E-state index contributed by atoms with van der Waals surface area (Å²) in [5.74, 6) is 5.74. The van der Waals surface area contributed by atoms with Gasteiger partial charge in [0.2, 0.25) is 0 Å². The molecule has 6 aromatic carbocycles. The van der Waals surface area contributed by atoms with Crippen LogP contribution >= 0.6 is 0 Å². The van der Waals surface area contributed by atoms with Crippen molar-refractivity contribution in [3.8, 4) is 5.75 Å². The number of anilines is 2. The van der Waals surface area contributed by atoms with E-state index >= 15 is 0 Å². The van der Waals surface area contributed by atoms with E-state index in [0.29, 0.717) is 5.75 Å². The third-order valence-electron chi connectivity index (χ3n) is 6.49. The van der Waals surface area contributed by atoms with Gasteiger partial charge in [-0.15, -0.1) is 4.91 Å². The number of nitrogens with two attached hydrogens (primary N) is 1. The van der Waals surface area contributed by atoms with Crippen molar-refractivity contribution in [3.05, 3.63) is 203 Å². The van der Waals surface area contributed by atoms with Gasteiger partial charge in [-0.05, 0) is 71.5 Å². The van der Waals surface area contributed by atoms with Gasteiger partial charge in [-0.3, -0.25) is 0 Å². The van der Waals surface area contributed by atoms with Gasteiger partial charge in [-0.1, -0.05) is 140 Å². The number of nitroso groups, excluding NO2 is 1. The first-order valence-electron chi connectivity index (χ1n) is 14.1. The Labute approximate surface area is 253 Å². The van der Waals surface area contributed by atoms with Crippen LogP contribution in [0.5, 0.6) is 5.75 Å². The molecular weight excluding hydrogens is 530 g/mol. The monoisotopic (exact) mass is 565 g/mol. The van der Waals surface area contributed by atoms with E-state index in [4.69, 9.17) is 5.90 Å². The molecule has 0 spiro atoms. The highest BCUT2D eigenvalue weighted by molar-refractivity contribution is 5.61. The Hall–Kier alpha value is -5.52. The highest BCUT2D eigenvalue weighted by atomic mass is 16.6. The van der Waals surface area contributed by atoms with E-state index in [0.717, 1.165) is 24.2 Å². The van der Waals surface area contributed by atoms with E-state index in [1.807, 2.05) is 103 Å². The molecule has 2 N–H and O–H groups in total. The van der Waals surface area contributed by atoms with Crippen molar-refractivity contribution in [2.75, 3.05) is 5.01 Å². The minimum absolute atomic E-state index is 0.687. The molecule has 0 atom stereocenters. The summed E-state index contributed by atoms with van der Waals surface area (Å²) in [7, 11) is 0. The summed E-state index contributed by atoms with van der Waals surface area (Å²) >= 11 is 0. The van der Waals surface area contributed by atoms with E-state index in [2.05, 4.69) is 82.9 Å². The quantitative estimate of drug-likeness (QED) is 0.147. The number of rotatable bonds is 8. The maximum absolute atomic E-state index is 10.8. The Kier molecular flexibility index (Phi) is 12.3. The largest absolute Gasteiger partial charge is 0.412 e. The number of para-hydroxylation sites is 2. The number of benzene rings is 6. The fraction of sp³-hybridized carbons (Fsp3) is 0.0526. The van der Waals surface area contributed by atoms with Crippen molar-refractivity contribution in [2.24, 2.45) is 11.2 Å². The first-order chi connectivity index (χ1) is 21.2. The molecule has 214 valence electrons. The van der Waals surface area contributed by atoms with Crippen LogP contribution in [0.4, 0.5) is 11.4 Å². The smallest absolute Gasteiger partial charge is 0.146 e. The van der Waals surface area contributed by atoms with Crippen molar-refractivity contribution in [1.82, 2.24) is 0 Å². The van der Waals surface area contributed by atoms with Crippen molar-refractivity contribution < 1.29 is 4.84 Å². The molecule has 0 fully saturated rings. The Morgan fingerprint density at radius 1 is 0.442 bits per heavy atom. The van der Waals surface area contributed by atoms with E-state index in [1.54, 1.807) is 0 Å². The molecular formula is C38H35N3O2. The summed E-state index contributed by atoms with van der Waals surface area (Å²) in [5, 5.41) is 4.37. The lowest BCUT2D eigenvalue weighted by Crippen LogP contribution is -2.06. The molecule has 0 amide bonds. The lowest BCUT2D eigenvalue weighted by Gasteiger charge is -2.14. The normalized spacial score (nSPS) is 9.79. The molecule has 6 aromatic rings. The molecule has 0 aliphatic rings. The number of hydrogen-bond acceptors (Lipinski definition) is 4. The van der Waals surface area contributed by atoms with Crippen molar-refractivity contribution in [1.29, 1.82) is 0 Å². The summed E-state index contributed by atoms with van der Waals surface area (Å²) in [6.45, 7) is 0. The van der Waals surface area contributed by atoms with Crippen LogP contribution in [0.3, 0.4) is 0 Å². The average Bonchev–Trinajstić information content (AvgIpc) is 3.09. The van der Waals surface area contributed by atoms with Gasteiger partial charge in [0.25, 0.3) is 0 Å². The van der Waals surface area contributed by atoms with Gasteiger partial charge >= 0.3 is 0 Å². The third kappa shape index (κ3) is 10.4. The second kappa shape index (κ2) is 17.3. The third-order valence-corrected chi connectivity index (χ3v) is 6.49. The summed E-state index contributed by atoms with van der Waals surface area (Å²) < 4.78 is 0. The second-order valence-electron chi connectivity index (χ2n) is 9.64. The lowest BCUT2D eigenvalue weighted by molar-refractivity contribution is 0.334. The van der Waals surface area contributed by atoms with E-state index < -0.39 is 0 Å². The summed E-state index contributed by atoms with van der Waals surface area (Å²) in [6.07, 6.45) is 1.97. The summed E-state index contributed by atoms with van der Waals surface area (Å²) in [6, 6.07) is 57.9. The summed E-state index contributed by atoms with van der Waals surface area (Å²) in [5.41, 5.74) is 6.82. The SMILES string of the molecule is NOc1ccc(Cc2ccccc2)cc1.O=NN(c1ccccc1)c1ccccc1.c1ccc(Cc2ccccc2)cc1. The highest BCUT2D eigenvalue weighted by Crippen LogP contribution is 2.24. The van der Waals surface area contributed by atoms with Crippen LogP contribution in [-0.4, -0.2) is 0 Å². The Morgan fingerprint density at radius 3 is 1.05 bits per heavy atom. The van der Waals surface area contributed by atoms with Crippen molar-refractivity contribution in [2.45, 2.75) is 12.8 Å². The van der Waals surface area contributed by atoms with E-state index in [-0.39, 0.29) is 0 Å². The van der Waals surface area contributed by atoms with Crippen LogP contribution in [0.2, 0.25) is 0 Å². The lowest BCUT2D eigenvalue weighted by atomic mass is 10.1. The van der Waals surface area contributed by atoms with Crippen molar-refractivity contribution >= 4 is 11.4 Å². The van der Waals surface area contributed by atoms with Gasteiger partial charge < -0.3 is 4.84 Å². The van der Waals surface area contributed by atoms with Crippen LogP contribution in [0.15, 0.2) is 181 Å². The van der Waals surface area contributed by atoms with Crippen LogP contribution in [-0.2, 0) is 12.8 Å². The number of hydrogen-bond donors (Lipinski definition) is 1. The maximum Gasteiger partial charge on any atom is 0.146 e. The van der Waals surface area contributed by atoms with Crippen LogP contribution < -0.4 is 15.7 Å². The first kappa shape index (κ1) is 30.4. The fourth-order valence-electron chi connectivity index (χ4n) is 4.33. The highest BCUT2D eigenvalue weighted by Gasteiger charge is 2.07. The molecule has 0 aromatic heterocycles. The zero-order valence-electron chi connectivity index (χ0n) is 23.9. The fourth-order valence-corrected chi connectivity index (χ4v) is 4.33. The van der Waals surface area contributed by atoms with Gasteiger partial charge in [0.05, 0.1) is 16.7 Å². The molecule has 0 saturated heterocycles. The molecule has 0 saturated carbocycles. The Balaban J connectivity index is 0.000000148. The zero-order valence-corrected chi connectivity index (χ0v) is 23.9. The zero-order chi connectivity index (χ0) is 30.0. The molecule has 0 bridgehead atoms. The standard InChI is InChI=1S/C13H13NO.C13H12.C12H10N2O/c14-15-13-8-6-12(7-9-13)10-11-4-2-1-3-5-11;1-3-7-12(8-4-1)11-13-9-5-2-6-10-13;15-13-14(11-7-3-1-4-8-11)12-9-5-2-6-10-12/h1-9H,10,14H2;1-10H,11H2;1-10H. The molecule has 0 heterocycles. The van der Waals surface area contributed by atoms with Gasteiger partial charge in [0.1, 0.15) is 5.75 Å². The minimum Gasteiger partial charge on any atom is -0.412 e.